The summed E-state index contributed by atoms with van der Waals surface area (Å²) < 4.78 is 0. The number of hydrogen-bond donors (Lipinski definition) is 2. The van der Waals surface area contributed by atoms with E-state index < -0.39 is 5.97 Å². The Bertz CT molecular complexity index is 239. The Labute approximate surface area is 96.8 Å². The van der Waals surface area contributed by atoms with E-state index in [9.17, 15) is 9.59 Å². The second-order valence-electron chi connectivity index (χ2n) is 4.36. The minimum Gasteiger partial charge on any atom is -0.481 e. The van der Waals surface area contributed by atoms with Crippen LogP contribution in [0.4, 0.5) is 0 Å². The van der Waals surface area contributed by atoms with Crippen LogP contribution in [0.5, 0.6) is 0 Å². The largest absolute Gasteiger partial charge is 0.481 e. The maximum absolute atomic E-state index is 11.8. The number of rotatable bonds is 7. The molecule has 0 saturated carbocycles. The van der Waals surface area contributed by atoms with Crippen molar-refractivity contribution < 1.29 is 14.7 Å². The van der Waals surface area contributed by atoms with Gasteiger partial charge < -0.3 is 15.3 Å². The summed E-state index contributed by atoms with van der Waals surface area (Å²) in [6, 6.07) is 0.276. The average molecular weight is 230 g/mol. The van der Waals surface area contributed by atoms with Crippen LogP contribution >= 0.6 is 0 Å². The van der Waals surface area contributed by atoms with Crippen molar-refractivity contribution in [3.8, 4) is 0 Å². The van der Waals surface area contributed by atoms with Crippen molar-refractivity contribution in [1.29, 1.82) is 0 Å². The molecule has 0 aromatic heterocycles. The molecule has 5 heteroatoms. The van der Waals surface area contributed by atoms with Gasteiger partial charge in [-0.3, -0.25) is 9.59 Å². The van der Waals surface area contributed by atoms with Crippen LogP contribution in [0.1, 0.15) is 34.1 Å². The number of amides is 1. The number of hydrogen-bond acceptors (Lipinski definition) is 3. The van der Waals surface area contributed by atoms with E-state index in [0.29, 0.717) is 0 Å². The van der Waals surface area contributed by atoms with Gasteiger partial charge in [0.25, 0.3) is 0 Å². The van der Waals surface area contributed by atoms with Gasteiger partial charge in [-0.15, -0.1) is 0 Å². The van der Waals surface area contributed by atoms with Crippen LogP contribution < -0.4 is 5.32 Å². The van der Waals surface area contributed by atoms with Crippen LogP contribution in [0.2, 0.25) is 0 Å². The van der Waals surface area contributed by atoms with Crippen molar-refractivity contribution in [2.24, 2.45) is 0 Å². The molecule has 5 nitrogen and oxygen atoms in total. The zero-order valence-corrected chi connectivity index (χ0v) is 10.5. The van der Waals surface area contributed by atoms with Crippen molar-refractivity contribution in [2.45, 2.75) is 46.2 Å². The molecule has 0 saturated heterocycles. The minimum atomic E-state index is -0.879. The van der Waals surface area contributed by atoms with Crippen molar-refractivity contribution in [3.05, 3.63) is 0 Å². The summed E-state index contributed by atoms with van der Waals surface area (Å²) in [5, 5.41) is 11.6. The third kappa shape index (κ3) is 6.40. The second kappa shape index (κ2) is 7.22. The van der Waals surface area contributed by atoms with E-state index >= 15 is 0 Å². The van der Waals surface area contributed by atoms with E-state index in [0.717, 1.165) is 0 Å². The molecule has 1 amide bonds. The summed E-state index contributed by atoms with van der Waals surface area (Å²) in [4.78, 5) is 23.8. The van der Waals surface area contributed by atoms with Crippen LogP contribution in [0.25, 0.3) is 0 Å². The van der Waals surface area contributed by atoms with Gasteiger partial charge in [0.05, 0.1) is 13.0 Å². The Morgan fingerprint density at radius 3 is 2.19 bits per heavy atom. The van der Waals surface area contributed by atoms with Crippen molar-refractivity contribution >= 4 is 11.9 Å². The molecule has 0 radical (unpaired) electrons. The first kappa shape index (κ1) is 14.9. The summed E-state index contributed by atoms with van der Waals surface area (Å²) >= 11 is 0. The average Bonchev–Trinajstić information content (AvgIpc) is 2.13. The van der Waals surface area contributed by atoms with E-state index in [1.165, 1.54) is 0 Å². The lowest BCUT2D eigenvalue weighted by Crippen LogP contribution is -2.44. The first-order valence-electron chi connectivity index (χ1n) is 5.59. The molecule has 0 aliphatic rings. The Morgan fingerprint density at radius 2 is 1.81 bits per heavy atom. The molecule has 2 N–H and O–H groups in total. The third-order valence-electron chi connectivity index (χ3n) is 2.17. The molecule has 94 valence electrons. The zero-order chi connectivity index (χ0) is 12.7. The van der Waals surface area contributed by atoms with Gasteiger partial charge in [0.15, 0.2) is 0 Å². The van der Waals surface area contributed by atoms with Crippen molar-refractivity contribution in [2.75, 3.05) is 13.1 Å². The fraction of sp³-hybridized carbons (Fsp3) is 0.818. The number of carboxylic acids is 1. The molecule has 0 aliphatic carbocycles. The van der Waals surface area contributed by atoms with Crippen LogP contribution in [0, 0.1) is 0 Å². The van der Waals surface area contributed by atoms with E-state index in [1.807, 2.05) is 27.7 Å². The molecule has 0 heterocycles. The van der Waals surface area contributed by atoms with Gasteiger partial charge in [-0.2, -0.15) is 0 Å². The minimum absolute atomic E-state index is 0.00833. The fourth-order valence-corrected chi connectivity index (χ4v) is 1.28. The molecule has 0 fully saturated rings. The number of nitrogens with zero attached hydrogens (tertiary/aromatic N) is 1. The predicted octanol–water partition coefficient (Wildman–Crippen LogP) is 0.696. The molecular formula is C11H22N2O3. The van der Waals surface area contributed by atoms with Gasteiger partial charge in [0, 0.05) is 18.6 Å². The highest BCUT2D eigenvalue weighted by Gasteiger charge is 2.17. The molecule has 0 unspecified atom stereocenters. The van der Waals surface area contributed by atoms with E-state index in [1.54, 1.807) is 4.90 Å². The Balaban J connectivity index is 4.19. The maximum Gasteiger partial charge on any atom is 0.305 e. The lowest BCUT2D eigenvalue weighted by atomic mass is 10.2. The molecule has 0 aliphatic heterocycles. The highest BCUT2D eigenvalue weighted by atomic mass is 16.4. The monoisotopic (exact) mass is 230 g/mol. The number of carbonyl (C=O) groups is 2. The Kier molecular flexibility index (Phi) is 6.72. The van der Waals surface area contributed by atoms with Crippen molar-refractivity contribution in [1.82, 2.24) is 10.2 Å². The van der Waals surface area contributed by atoms with E-state index in [4.69, 9.17) is 5.11 Å². The predicted molar refractivity (Wildman–Crippen MR) is 62.2 cm³/mol. The highest BCUT2D eigenvalue weighted by Crippen LogP contribution is 2.00. The molecule has 16 heavy (non-hydrogen) atoms. The summed E-state index contributed by atoms with van der Waals surface area (Å²) in [6.45, 7) is 8.22. The summed E-state index contributed by atoms with van der Waals surface area (Å²) in [5.41, 5.74) is 0. The first-order valence-corrected chi connectivity index (χ1v) is 5.59. The molecule has 0 rings (SSSR count). The van der Waals surface area contributed by atoms with Gasteiger partial charge >= 0.3 is 5.97 Å². The maximum atomic E-state index is 11.8. The Hall–Kier alpha value is -1.10. The molecule has 0 bridgehead atoms. The smallest absolute Gasteiger partial charge is 0.305 e. The number of carbonyl (C=O) groups excluding carboxylic acids is 1. The van der Waals surface area contributed by atoms with Gasteiger partial charge in [-0.25, -0.2) is 0 Å². The van der Waals surface area contributed by atoms with Crippen LogP contribution in [-0.4, -0.2) is 47.1 Å². The van der Waals surface area contributed by atoms with Crippen LogP contribution in [0.15, 0.2) is 0 Å². The highest BCUT2D eigenvalue weighted by molar-refractivity contribution is 5.79. The normalized spacial score (nSPS) is 10.9. The summed E-state index contributed by atoms with van der Waals surface area (Å²) in [6.07, 6.45) is -0.00833. The van der Waals surface area contributed by atoms with Gasteiger partial charge in [-0.1, -0.05) is 13.8 Å². The number of nitrogens with one attached hydrogen (secondary N) is 1. The first-order chi connectivity index (χ1) is 7.34. The number of aliphatic carboxylic acids is 1. The van der Waals surface area contributed by atoms with E-state index in [2.05, 4.69) is 5.32 Å². The third-order valence-corrected chi connectivity index (χ3v) is 2.17. The summed E-state index contributed by atoms with van der Waals surface area (Å²) in [5.74, 6) is -0.930. The lowest BCUT2D eigenvalue weighted by Gasteiger charge is -2.26. The number of carboxylic acid groups (broad SMARTS) is 1. The molecule has 0 atom stereocenters. The molecule has 0 spiro atoms. The molecular weight excluding hydrogens is 208 g/mol. The lowest BCUT2D eigenvalue weighted by molar-refractivity contribution is -0.138. The van der Waals surface area contributed by atoms with Gasteiger partial charge in [0.2, 0.25) is 5.91 Å². The topological polar surface area (TPSA) is 69.6 Å². The van der Waals surface area contributed by atoms with E-state index in [-0.39, 0.29) is 37.5 Å². The second-order valence-corrected chi connectivity index (χ2v) is 4.36. The standard InChI is InChI=1S/C11H22N2O3/c1-8(2)12-7-10(14)13(9(3)4)6-5-11(15)16/h8-9,12H,5-7H2,1-4H3,(H,15,16). The van der Waals surface area contributed by atoms with Crippen LogP contribution in [0.3, 0.4) is 0 Å². The summed E-state index contributed by atoms with van der Waals surface area (Å²) in [7, 11) is 0. The SMILES string of the molecule is CC(C)NCC(=O)N(CCC(=O)O)C(C)C. The quantitative estimate of drug-likeness (QED) is 0.675. The van der Waals surface area contributed by atoms with Crippen LogP contribution in [-0.2, 0) is 9.59 Å². The Morgan fingerprint density at radius 1 is 1.25 bits per heavy atom. The van der Waals surface area contributed by atoms with Gasteiger partial charge in [-0.05, 0) is 13.8 Å². The van der Waals surface area contributed by atoms with Gasteiger partial charge in [0.1, 0.15) is 0 Å². The molecule has 0 aromatic rings. The molecule has 0 aromatic carbocycles. The van der Waals surface area contributed by atoms with Crippen molar-refractivity contribution in [3.63, 3.8) is 0 Å². The zero-order valence-electron chi connectivity index (χ0n) is 10.5. The fourth-order valence-electron chi connectivity index (χ4n) is 1.28.